The molecule has 0 aliphatic rings. The van der Waals surface area contributed by atoms with Crippen LogP contribution in [-0.4, -0.2) is 34.1 Å². The molecule has 0 aliphatic heterocycles. The van der Waals surface area contributed by atoms with Crippen LogP contribution in [0.3, 0.4) is 0 Å². The molecule has 0 aliphatic carbocycles. The van der Waals surface area contributed by atoms with Gasteiger partial charge in [-0.25, -0.2) is 9.37 Å². The molecule has 1 aromatic carbocycles. The first-order valence-corrected chi connectivity index (χ1v) is 8.31. The molecule has 0 amide bonds. The van der Waals surface area contributed by atoms with Crippen LogP contribution in [0.5, 0.6) is 0 Å². The molecule has 1 atom stereocenters. The lowest BCUT2D eigenvalue weighted by Crippen LogP contribution is -2.42. The summed E-state index contributed by atoms with van der Waals surface area (Å²) in [5.74, 6) is 0.559. The standard InChI is InChI=1S/C15H20ClFIN3/c1-9(16)14-19-12-7-11(18)10(17)6-13(12)21(14)8-15(2,3)20(4)5/h6-7,9H,8H2,1-5H3. The first kappa shape index (κ1) is 17.0. The van der Waals surface area contributed by atoms with Crippen molar-refractivity contribution in [3.05, 3.63) is 27.3 Å². The van der Waals surface area contributed by atoms with E-state index in [1.54, 1.807) is 12.1 Å². The molecular weight excluding hydrogens is 404 g/mol. The first-order valence-electron chi connectivity index (χ1n) is 6.80. The molecule has 1 unspecified atom stereocenters. The molecule has 0 bridgehead atoms. The van der Waals surface area contributed by atoms with Gasteiger partial charge in [0.2, 0.25) is 0 Å². The lowest BCUT2D eigenvalue weighted by molar-refractivity contribution is 0.170. The zero-order valence-corrected chi connectivity index (χ0v) is 15.8. The van der Waals surface area contributed by atoms with Crippen LogP contribution < -0.4 is 0 Å². The molecule has 0 saturated carbocycles. The average Bonchev–Trinajstić information content (AvgIpc) is 2.68. The summed E-state index contributed by atoms with van der Waals surface area (Å²) in [5, 5.41) is -0.226. The minimum absolute atomic E-state index is 0.0897. The molecule has 0 radical (unpaired) electrons. The predicted molar refractivity (Wildman–Crippen MR) is 94.4 cm³/mol. The van der Waals surface area contributed by atoms with E-state index in [0.29, 0.717) is 10.1 Å². The molecule has 0 saturated heterocycles. The molecule has 0 spiro atoms. The van der Waals surface area contributed by atoms with Crippen molar-refractivity contribution in [2.75, 3.05) is 14.1 Å². The van der Waals surface area contributed by atoms with Crippen LogP contribution in [0.2, 0.25) is 0 Å². The normalized spacial score (nSPS) is 14.1. The Morgan fingerprint density at radius 2 is 2.05 bits per heavy atom. The van der Waals surface area contributed by atoms with Gasteiger partial charge in [0.05, 0.1) is 20.0 Å². The Morgan fingerprint density at radius 1 is 1.43 bits per heavy atom. The Kier molecular flexibility index (Phi) is 4.85. The number of hydrogen-bond donors (Lipinski definition) is 0. The van der Waals surface area contributed by atoms with Gasteiger partial charge < -0.3 is 9.47 Å². The topological polar surface area (TPSA) is 21.1 Å². The average molecular weight is 424 g/mol. The van der Waals surface area contributed by atoms with Crippen LogP contribution >= 0.6 is 34.2 Å². The summed E-state index contributed by atoms with van der Waals surface area (Å²) >= 11 is 8.26. The fraction of sp³-hybridized carbons (Fsp3) is 0.533. The number of imidazole rings is 1. The molecule has 6 heteroatoms. The predicted octanol–water partition coefficient (Wildman–Crippen LogP) is 4.42. The SMILES string of the molecule is CC(Cl)c1nc2cc(I)c(F)cc2n1CC(C)(C)N(C)C. The molecule has 21 heavy (non-hydrogen) atoms. The van der Waals surface area contributed by atoms with E-state index < -0.39 is 0 Å². The van der Waals surface area contributed by atoms with Crippen molar-refractivity contribution >= 4 is 45.2 Å². The summed E-state index contributed by atoms with van der Waals surface area (Å²) in [5.41, 5.74) is 1.50. The minimum Gasteiger partial charge on any atom is -0.325 e. The van der Waals surface area contributed by atoms with Gasteiger partial charge in [-0.15, -0.1) is 11.6 Å². The van der Waals surface area contributed by atoms with Gasteiger partial charge in [0.15, 0.2) is 0 Å². The van der Waals surface area contributed by atoms with Gasteiger partial charge in [-0.3, -0.25) is 0 Å². The molecule has 116 valence electrons. The third-order valence-electron chi connectivity index (χ3n) is 3.93. The van der Waals surface area contributed by atoms with Gasteiger partial charge in [0, 0.05) is 18.2 Å². The lowest BCUT2D eigenvalue weighted by atomic mass is 10.0. The number of nitrogens with zero attached hydrogens (tertiary/aromatic N) is 3. The Labute approximate surface area is 143 Å². The summed E-state index contributed by atoms with van der Waals surface area (Å²) in [7, 11) is 4.07. The Hall–Kier alpha value is -0.400. The number of fused-ring (bicyclic) bond motifs is 1. The van der Waals surface area contributed by atoms with E-state index in [0.717, 1.165) is 16.9 Å². The lowest BCUT2D eigenvalue weighted by Gasteiger charge is -2.33. The highest BCUT2D eigenvalue weighted by atomic mass is 127. The van der Waals surface area contributed by atoms with Crippen LogP contribution in [0.1, 0.15) is 32.0 Å². The van der Waals surface area contributed by atoms with E-state index in [1.165, 1.54) is 0 Å². The minimum atomic E-state index is -0.226. The van der Waals surface area contributed by atoms with Crippen molar-refractivity contribution in [2.24, 2.45) is 0 Å². The van der Waals surface area contributed by atoms with E-state index in [9.17, 15) is 4.39 Å². The fourth-order valence-corrected chi connectivity index (χ4v) is 2.75. The number of hydrogen-bond acceptors (Lipinski definition) is 2. The highest BCUT2D eigenvalue weighted by Gasteiger charge is 2.25. The second-order valence-corrected chi connectivity index (χ2v) is 7.95. The molecule has 3 nitrogen and oxygen atoms in total. The summed E-state index contributed by atoms with van der Waals surface area (Å²) in [6.45, 7) is 6.88. The maximum Gasteiger partial charge on any atom is 0.138 e. The van der Waals surface area contributed by atoms with Crippen LogP contribution in [0, 0.1) is 9.39 Å². The van der Waals surface area contributed by atoms with Crippen molar-refractivity contribution in [3.8, 4) is 0 Å². The highest BCUT2D eigenvalue weighted by molar-refractivity contribution is 14.1. The van der Waals surface area contributed by atoms with E-state index in [2.05, 4.69) is 23.7 Å². The monoisotopic (exact) mass is 423 g/mol. The van der Waals surface area contributed by atoms with Gasteiger partial charge in [-0.05, 0) is 63.5 Å². The number of rotatable bonds is 4. The third-order valence-corrected chi connectivity index (χ3v) is 4.95. The van der Waals surface area contributed by atoms with Gasteiger partial charge >= 0.3 is 0 Å². The Bertz CT molecular complexity index is 664. The summed E-state index contributed by atoms with van der Waals surface area (Å²) in [6.07, 6.45) is 0. The number of halogens is 3. The quantitative estimate of drug-likeness (QED) is 0.536. The Morgan fingerprint density at radius 3 is 2.57 bits per heavy atom. The molecular formula is C15H20ClFIN3. The van der Waals surface area contributed by atoms with E-state index >= 15 is 0 Å². The summed E-state index contributed by atoms with van der Waals surface area (Å²) < 4.78 is 16.5. The third kappa shape index (κ3) is 3.35. The summed E-state index contributed by atoms with van der Waals surface area (Å²) in [6, 6.07) is 3.33. The maximum absolute atomic E-state index is 13.9. The van der Waals surface area contributed by atoms with Crippen LogP contribution in [-0.2, 0) is 6.54 Å². The second-order valence-electron chi connectivity index (χ2n) is 6.13. The zero-order valence-electron chi connectivity index (χ0n) is 12.9. The summed E-state index contributed by atoms with van der Waals surface area (Å²) in [4.78, 5) is 6.74. The van der Waals surface area contributed by atoms with Gasteiger partial charge in [-0.1, -0.05) is 0 Å². The highest BCUT2D eigenvalue weighted by Crippen LogP contribution is 2.29. The number of aromatic nitrogens is 2. The number of likely N-dealkylation sites (N-methyl/N-ethyl adjacent to an activating group) is 1. The zero-order chi connectivity index (χ0) is 15.9. The van der Waals surface area contributed by atoms with Gasteiger partial charge in [0.1, 0.15) is 11.6 Å². The van der Waals surface area contributed by atoms with Crippen molar-refractivity contribution in [3.63, 3.8) is 0 Å². The van der Waals surface area contributed by atoms with Gasteiger partial charge in [0.25, 0.3) is 0 Å². The van der Waals surface area contributed by atoms with Crippen LogP contribution in [0.4, 0.5) is 4.39 Å². The van der Waals surface area contributed by atoms with Crippen molar-refractivity contribution in [1.82, 2.24) is 14.5 Å². The molecule has 0 N–H and O–H groups in total. The number of benzene rings is 1. The number of alkyl halides is 1. The molecule has 1 heterocycles. The maximum atomic E-state index is 13.9. The Balaban J connectivity index is 2.64. The second kappa shape index (κ2) is 6.01. The van der Waals surface area contributed by atoms with Crippen LogP contribution in [0.25, 0.3) is 11.0 Å². The molecule has 2 aromatic rings. The molecule has 0 fully saturated rings. The smallest absolute Gasteiger partial charge is 0.138 e. The van der Waals surface area contributed by atoms with Crippen LogP contribution in [0.15, 0.2) is 12.1 Å². The fourth-order valence-electron chi connectivity index (χ4n) is 2.14. The molecule has 1 aromatic heterocycles. The van der Waals surface area contributed by atoms with Crippen molar-refractivity contribution < 1.29 is 4.39 Å². The van der Waals surface area contributed by atoms with Gasteiger partial charge in [-0.2, -0.15) is 0 Å². The van der Waals surface area contributed by atoms with E-state index in [1.807, 2.05) is 48.2 Å². The first-order chi connectivity index (χ1) is 9.63. The van der Waals surface area contributed by atoms with E-state index in [4.69, 9.17) is 11.6 Å². The molecule has 2 rings (SSSR count). The van der Waals surface area contributed by atoms with Crippen molar-refractivity contribution in [1.29, 1.82) is 0 Å². The van der Waals surface area contributed by atoms with Crippen molar-refractivity contribution in [2.45, 2.75) is 38.2 Å². The largest absolute Gasteiger partial charge is 0.325 e. The van der Waals surface area contributed by atoms with E-state index in [-0.39, 0.29) is 16.7 Å².